The summed E-state index contributed by atoms with van der Waals surface area (Å²) < 4.78 is 28.0. The third-order valence-corrected chi connectivity index (χ3v) is 6.32. The van der Waals surface area contributed by atoms with E-state index in [-0.39, 0.29) is 21.5 Å². The summed E-state index contributed by atoms with van der Waals surface area (Å²) in [6.45, 7) is 1.55. The Hall–Kier alpha value is -0.330. The van der Waals surface area contributed by atoms with Gasteiger partial charge in [-0.1, -0.05) is 42.5 Å². The monoisotopic (exact) mass is 351 g/mol. The maximum absolute atomic E-state index is 12.6. The Kier molecular flexibility index (Phi) is 5.21. The molecule has 4 nitrogen and oxygen atoms in total. The number of aliphatic hydroxyl groups is 1. The number of nitrogens with one attached hydrogen (secondary N) is 1. The first-order chi connectivity index (χ1) is 9.77. The minimum absolute atomic E-state index is 0.0220. The molecule has 0 bridgehead atoms. The molecule has 0 aromatic heterocycles. The average molecular weight is 352 g/mol. The number of aliphatic hydroxyl groups excluding tert-OH is 1. The predicted molar refractivity (Wildman–Crippen MR) is 84.2 cm³/mol. The van der Waals surface area contributed by atoms with Crippen molar-refractivity contribution in [3.8, 4) is 0 Å². The second-order valence-electron chi connectivity index (χ2n) is 5.76. The van der Waals surface area contributed by atoms with Gasteiger partial charge in [-0.3, -0.25) is 0 Å². The van der Waals surface area contributed by atoms with Crippen molar-refractivity contribution in [1.29, 1.82) is 0 Å². The van der Waals surface area contributed by atoms with Crippen LogP contribution in [-0.2, 0) is 16.6 Å². The molecule has 1 fully saturated rings. The zero-order valence-corrected chi connectivity index (χ0v) is 14.2. The first kappa shape index (κ1) is 17.0. The van der Waals surface area contributed by atoms with Crippen molar-refractivity contribution >= 4 is 33.2 Å². The van der Waals surface area contributed by atoms with Crippen LogP contribution in [0.4, 0.5) is 0 Å². The number of hydrogen-bond donors (Lipinski definition) is 2. The maximum atomic E-state index is 12.6. The van der Waals surface area contributed by atoms with Crippen molar-refractivity contribution < 1.29 is 13.5 Å². The van der Waals surface area contributed by atoms with E-state index in [1.165, 1.54) is 12.1 Å². The fourth-order valence-corrected chi connectivity index (χ4v) is 5.13. The van der Waals surface area contributed by atoms with Gasteiger partial charge in [0.2, 0.25) is 10.0 Å². The molecule has 0 amide bonds. The van der Waals surface area contributed by atoms with Crippen LogP contribution in [-0.4, -0.2) is 19.1 Å². The topological polar surface area (TPSA) is 66.4 Å². The van der Waals surface area contributed by atoms with E-state index in [9.17, 15) is 13.5 Å². The molecule has 1 aliphatic rings. The van der Waals surface area contributed by atoms with Gasteiger partial charge in [0.25, 0.3) is 0 Å². The second kappa shape index (κ2) is 6.42. The molecule has 7 heteroatoms. The Labute approximate surface area is 135 Å². The summed E-state index contributed by atoms with van der Waals surface area (Å²) in [7, 11) is -3.78. The Morgan fingerprint density at radius 2 is 1.86 bits per heavy atom. The van der Waals surface area contributed by atoms with Crippen LogP contribution in [0.2, 0.25) is 10.0 Å². The molecule has 1 aliphatic carbocycles. The summed E-state index contributed by atoms with van der Waals surface area (Å²) in [6, 6.07) is 2.78. The fraction of sp³-hybridized carbons (Fsp3) is 0.571. The van der Waals surface area contributed by atoms with Gasteiger partial charge in [0, 0.05) is 10.6 Å². The van der Waals surface area contributed by atoms with Crippen molar-refractivity contribution in [3.63, 3.8) is 0 Å². The summed E-state index contributed by atoms with van der Waals surface area (Å²) in [5.74, 6) is 0. The van der Waals surface area contributed by atoms with Crippen LogP contribution < -0.4 is 4.72 Å². The molecule has 1 aromatic carbocycles. The van der Waals surface area contributed by atoms with Gasteiger partial charge in [0.15, 0.2) is 0 Å². The van der Waals surface area contributed by atoms with E-state index < -0.39 is 15.6 Å². The summed E-state index contributed by atoms with van der Waals surface area (Å²) in [6.07, 6.45) is 4.74. The molecule has 0 unspecified atom stereocenters. The lowest BCUT2D eigenvalue weighted by Crippen LogP contribution is -2.47. The highest BCUT2D eigenvalue weighted by atomic mass is 35.5. The smallest absolute Gasteiger partial charge is 0.242 e. The number of benzene rings is 1. The van der Waals surface area contributed by atoms with E-state index in [1.807, 2.05) is 6.92 Å². The minimum atomic E-state index is -3.78. The Morgan fingerprint density at radius 3 is 2.43 bits per heavy atom. The normalized spacial score (nSPS) is 18.7. The summed E-state index contributed by atoms with van der Waals surface area (Å²) >= 11 is 12.0. The molecule has 1 aromatic rings. The lowest BCUT2D eigenvalue weighted by molar-refractivity contribution is 0.281. The van der Waals surface area contributed by atoms with Crippen LogP contribution in [0.5, 0.6) is 0 Å². The second-order valence-corrected chi connectivity index (χ2v) is 8.23. The summed E-state index contributed by atoms with van der Waals surface area (Å²) in [5.41, 5.74) is -0.152. The van der Waals surface area contributed by atoms with Gasteiger partial charge >= 0.3 is 0 Å². The number of rotatable bonds is 4. The minimum Gasteiger partial charge on any atom is -0.392 e. The quantitative estimate of drug-likeness (QED) is 0.872. The van der Waals surface area contributed by atoms with Gasteiger partial charge in [-0.05, 0) is 37.5 Å². The lowest BCUT2D eigenvalue weighted by atomic mass is 9.84. The first-order valence-corrected chi connectivity index (χ1v) is 9.14. The predicted octanol–water partition coefficient (Wildman–Crippen LogP) is 3.49. The molecule has 1 saturated carbocycles. The molecule has 0 heterocycles. The van der Waals surface area contributed by atoms with Crippen molar-refractivity contribution in [2.24, 2.45) is 0 Å². The molecule has 2 rings (SSSR count). The van der Waals surface area contributed by atoms with Crippen LogP contribution in [0.3, 0.4) is 0 Å². The zero-order valence-electron chi connectivity index (χ0n) is 11.8. The fourth-order valence-electron chi connectivity index (χ4n) is 2.74. The van der Waals surface area contributed by atoms with Gasteiger partial charge in [0.05, 0.1) is 11.6 Å². The van der Waals surface area contributed by atoms with E-state index in [0.717, 1.165) is 32.1 Å². The number of halogens is 2. The van der Waals surface area contributed by atoms with Gasteiger partial charge < -0.3 is 5.11 Å². The molecule has 0 atom stereocenters. The highest BCUT2D eigenvalue weighted by Crippen LogP contribution is 2.33. The molecular weight excluding hydrogens is 333 g/mol. The van der Waals surface area contributed by atoms with Crippen molar-refractivity contribution in [3.05, 3.63) is 27.7 Å². The number of sulfonamides is 1. The van der Waals surface area contributed by atoms with Crippen LogP contribution in [0, 0.1) is 0 Å². The SMILES string of the molecule is CC1(NS(=O)(=O)c2cc(Cl)cc(CO)c2Cl)CCCCC1. The van der Waals surface area contributed by atoms with Crippen molar-refractivity contribution in [1.82, 2.24) is 4.72 Å². The van der Waals surface area contributed by atoms with Crippen LogP contribution in [0.25, 0.3) is 0 Å². The number of hydrogen-bond acceptors (Lipinski definition) is 3. The molecule has 0 saturated heterocycles. The third kappa shape index (κ3) is 3.90. The van der Waals surface area contributed by atoms with E-state index in [0.29, 0.717) is 5.56 Å². The van der Waals surface area contributed by atoms with Crippen molar-refractivity contribution in [2.75, 3.05) is 0 Å². The highest BCUT2D eigenvalue weighted by Gasteiger charge is 2.33. The Morgan fingerprint density at radius 1 is 1.24 bits per heavy atom. The third-order valence-electron chi connectivity index (χ3n) is 3.88. The molecule has 0 spiro atoms. The van der Waals surface area contributed by atoms with Crippen LogP contribution >= 0.6 is 23.2 Å². The van der Waals surface area contributed by atoms with E-state index in [1.54, 1.807) is 0 Å². The molecular formula is C14H19Cl2NO3S. The van der Waals surface area contributed by atoms with Crippen molar-refractivity contribution in [2.45, 2.75) is 56.1 Å². The molecule has 2 N–H and O–H groups in total. The first-order valence-electron chi connectivity index (χ1n) is 6.90. The highest BCUT2D eigenvalue weighted by molar-refractivity contribution is 7.89. The summed E-state index contributed by atoms with van der Waals surface area (Å²) in [4.78, 5) is -0.0764. The van der Waals surface area contributed by atoms with Crippen LogP contribution in [0.1, 0.15) is 44.6 Å². The van der Waals surface area contributed by atoms with Gasteiger partial charge in [-0.15, -0.1) is 0 Å². The van der Waals surface area contributed by atoms with E-state index in [4.69, 9.17) is 23.2 Å². The molecule has 21 heavy (non-hydrogen) atoms. The Balaban J connectivity index is 2.38. The van der Waals surface area contributed by atoms with E-state index in [2.05, 4.69) is 4.72 Å². The van der Waals surface area contributed by atoms with Gasteiger partial charge in [0.1, 0.15) is 4.90 Å². The Bertz CT molecular complexity index is 625. The molecule has 0 aliphatic heterocycles. The largest absolute Gasteiger partial charge is 0.392 e. The average Bonchev–Trinajstić information content (AvgIpc) is 2.40. The lowest BCUT2D eigenvalue weighted by Gasteiger charge is -2.34. The molecule has 118 valence electrons. The van der Waals surface area contributed by atoms with Gasteiger partial charge in [-0.25, -0.2) is 13.1 Å². The maximum Gasteiger partial charge on any atom is 0.242 e. The zero-order chi connectivity index (χ0) is 15.7. The van der Waals surface area contributed by atoms with Crippen LogP contribution in [0.15, 0.2) is 17.0 Å². The summed E-state index contributed by atoms with van der Waals surface area (Å²) in [5, 5.41) is 9.50. The van der Waals surface area contributed by atoms with Gasteiger partial charge in [-0.2, -0.15) is 0 Å². The molecule has 0 radical (unpaired) electrons. The van der Waals surface area contributed by atoms with E-state index >= 15 is 0 Å². The standard InChI is InChI=1S/C14H19Cl2NO3S/c1-14(5-3-2-4-6-14)17-21(19,20)12-8-11(15)7-10(9-18)13(12)16/h7-8,17-18H,2-6,9H2,1H3.